The van der Waals surface area contributed by atoms with Crippen molar-refractivity contribution in [3.63, 3.8) is 0 Å². The molecule has 4 rings (SSSR count). The molecule has 0 spiro atoms. The summed E-state index contributed by atoms with van der Waals surface area (Å²) in [5.74, 6) is 0.886. The Morgan fingerprint density at radius 3 is 2.86 bits per heavy atom. The molecule has 0 aliphatic heterocycles. The van der Waals surface area contributed by atoms with Crippen molar-refractivity contribution in [3.8, 4) is 0 Å². The molecular weight excluding hydrogens is 406 g/mol. The van der Waals surface area contributed by atoms with E-state index in [4.69, 9.17) is 0 Å². The van der Waals surface area contributed by atoms with Crippen LogP contribution >= 0.6 is 23.1 Å². The molecule has 150 valence electrons. The maximum atomic E-state index is 12.9. The van der Waals surface area contributed by atoms with E-state index >= 15 is 0 Å². The minimum Gasteiger partial charge on any atom is -0.325 e. The van der Waals surface area contributed by atoms with Crippen LogP contribution in [0.1, 0.15) is 19.4 Å². The van der Waals surface area contributed by atoms with Gasteiger partial charge in [-0.3, -0.25) is 18.6 Å². The lowest BCUT2D eigenvalue weighted by Gasteiger charge is -2.11. The maximum Gasteiger partial charge on any atom is 0.272 e. The zero-order chi connectivity index (χ0) is 20.5. The van der Waals surface area contributed by atoms with Crippen molar-refractivity contribution in [1.82, 2.24) is 19.2 Å². The van der Waals surface area contributed by atoms with Gasteiger partial charge in [-0.1, -0.05) is 37.7 Å². The lowest BCUT2D eigenvalue weighted by atomic mass is 10.2. The number of aromatic nitrogens is 4. The first-order valence-corrected chi connectivity index (χ1v) is 11.1. The summed E-state index contributed by atoms with van der Waals surface area (Å²) in [6.45, 7) is 6.66. The number of aryl methyl sites for hydroxylation is 1. The van der Waals surface area contributed by atoms with Crippen LogP contribution in [0, 0.1) is 12.8 Å². The minimum absolute atomic E-state index is 0.0441. The van der Waals surface area contributed by atoms with E-state index in [0.29, 0.717) is 28.1 Å². The highest BCUT2D eigenvalue weighted by Gasteiger charge is 2.19. The molecule has 4 aromatic rings. The van der Waals surface area contributed by atoms with Gasteiger partial charge in [-0.25, -0.2) is 0 Å². The van der Waals surface area contributed by atoms with Gasteiger partial charge in [0.15, 0.2) is 5.16 Å². The van der Waals surface area contributed by atoms with Gasteiger partial charge in [0.1, 0.15) is 4.70 Å². The molecular formula is C20H21N5O2S2. The molecule has 1 aromatic carbocycles. The molecule has 0 radical (unpaired) electrons. The lowest BCUT2D eigenvalue weighted by Crippen LogP contribution is -2.24. The second-order valence-corrected chi connectivity index (χ2v) is 9.13. The zero-order valence-corrected chi connectivity index (χ0v) is 18.0. The third-order valence-corrected chi connectivity index (χ3v) is 6.18. The molecule has 1 amide bonds. The molecule has 0 saturated carbocycles. The number of thiophene rings is 1. The van der Waals surface area contributed by atoms with Crippen LogP contribution in [0.15, 0.2) is 45.7 Å². The van der Waals surface area contributed by atoms with Gasteiger partial charge < -0.3 is 5.32 Å². The molecule has 29 heavy (non-hydrogen) atoms. The Hall–Kier alpha value is -2.65. The van der Waals surface area contributed by atoms with E-state index in [9.17, 15) is 9.59 Å². The van der Waals surface area contributed by atoms with Gasteiger partial charge in [0.05, 0.1) is 11.3 Å². The van der Waals surface area contributed by atoms with Crippen LogP contribution in [0.2, 0.25) is 0 Å². The van der Waals surface area contributed by atoms with E-state index in [1.165, 1.54) is 23.1 Å². The minimum atomic E-state index is -0.116. The smallest absolute Gasteiger partial charge is 0.272 e. The number of rotatable bonds is 6. The number of hydrogen-bond acceptors (Lipinski definition) is 6. The summed E-state index contributed by atoms with van der Waals surface area (Å²) in [4.78, 5) is 25.3. The predicted molar refractivity (Wildman–Crippen MR) is 118 cm³/mol. The van der Waals surface area contributed by atoms with Crippen LogP contribution in [0.5, 0.6) is 0 Å². The van der Waals surface area contributed by atoms with Gasteiger partial charge in [-0.2, -0.15) is 0 Å². The van der Waals surface area contributed by atoms with Crippen LogP contribution in [0.3, 0.4) is 0 Å². The number of benzene rings is 1. The van der Waals surface area contributed by atoms with Crippen molar-refractivity contribution < 1.29 is 4.79 Å². The Balaban J connectivity index is 1.64. The second-order valence-electron chi connectivity index (χ2n) is 7.27. The monoisotopic (exact) mass is 427 g/mol. The van der Waals surface area contributed by atoms with Crippen LogP contribution in [0.25, 0.3) is 16.0 Å². The molecule has 0 aliphatic carbocycles. The molecule has 9 heteroatoms. The summed E-state index contributed by atoms with van der Waals surface area (Å²) < 4.78 is 4.22. The molecule has 0 saturated heterocycles. The molecule has 0 atom stereocenters. The highest BCUT2D eigenvalue weighted by molar-refractivity contribution is 7.99. The topological polar surface area (TPSA) is 81.3 Å². The third kappa shape index (κ3) is 3.92. The van der Waals surface area contributed by atoms with E-state index in [0.717, 1.165) is 16.8 Å². The standard InChI is InChI=1S/C20H21N5O2S2/c1-12(2)10-24-18(27)17-15(7-8-28-17)25-19(24)22-23-20(25)29-11-16(26)21-14-6-4-5-13(3)9-14/h4-9,12H,10-11H2,1-3H3,(H,21,26). The molecule has 7 nitrogen and oxygen atoms in total. The molecule has 0 bridgehead atoms. The van der Waals surface area contributed by atoms with Gasteiger partial charge in [0.2, 0.25) is 11.7 Å². The number of nitrogens with one attached hydrogen (secondary N) is 1. The van der Waals surface area contributed by atoms with Gasteiger partial charge in [-0.05, 0) is 42.0 Å². The molecule has 0 fully saturated rings. The second kappa shape index (κ2) is 8.00. The fourth-order valence-corrected chi connectivity index (χ4v) is 4.74. The van der Waals surface area contributed by atoms with Crippen LogP contribution in [0.4, 0.5) is 5.69 Å². The summed E-state index contributed by atoms with van der Waals surface area (Å²) in [7, 11) is 0. The van der Waals surface area contributed by atoms with Gasteiger partial charge in [0, 0.05) is 12.2 Å². The van der Waals surface area contributed by atoms with E-state index in [-0.39, 0.29) is 17.2 Å². The highest BCUT2D eigenvalue weighted by atomic mass is 32.2. The summed E-state index contributed by atoms with van der Waals surface area (Å²) >= 11 is 2.72. The fourth-order valence-electron chi connectivity index (χ4n) is 3.17. The zero-order valence-electron chi connectivity index (χ0n) is 16.4. The number of anilines is 1. The molecule has 3 aromatic heterocycles. The van der Waals surface area contributed by atoms with Crippen molar-refractivity contribution in [1.29, 1.82) is 0 Å². The number of nitrogens with zero attached hydrogens (tertiary/aromatic N) is 4. The quantitative estimate of drug-likeness (QED) is 0.473. The van der Waals surface area contributed by atoms with E-state index < -0.39 is 0 Å². The molecule has 0 aliphatic rings. The highest BCUT2D eigenvalue weighted by Crippen LogP contribution is 2.25. The van der Waals surface area contributed by atoms with Crippen LogP contribution < -0.4 is 10.9 Å². The summed E-state index contributed by atoms with van der Waals surface area (Å²) in [6, 6.07) is 9.57. The lowest BCUT2D eigenvalue weighted by molar-refractivity contribution is -0.113. The van der Waals surface area contributed by atoms with E-state index in [1.54, 1.807) is 4.57 Å². The van der Waals surface area contributed by atoms with Crippen molar-refractivity contribution >= 4 is 50.7 Å². The van der Waals surface area contributed by atoms with Crippen molar-refractivity contribution in [2.45, 2.75) is 32.5 Å². The Labute approximate surface area is 175 Å². The average Bonchev–Trinajstić information content (AvgIpc) is 3.30. The van der Waals surface area contributed by atoms with Crippen molar-refractivity contribution in [2.24, 2.45) is 5.92 Å². The number of fused-ring (bicyclic) bond motifs is 3. The molecule has 0 unspecified atom stereocenters. The molecule has 3 heterocycles. The molecule has 1 N–H and O–H groups in total. The Morgan fingerprint density at radius 2 is 2.10 bits per heavy atom. The Morgan fingerprint density at radius 1 is 1.28 bits per heavy atom. The normalized spacial score (nSPS) is 11.6. The van der Waals surface area contributed by atoms with E-state index in [2.05, 4.69) is 29.4 Å². The summed E-state index contributed by atoms with van der Waals surface area (Å²) in [5, 5.41) is 13.9. The maximum absolute atomic E-state index is 12.9. The van der Waals surface area contributed by atoms with Gasteiger partial charge >= 0.3 is 0 Å². The first-order valence-electron chi connectivity index (χ1n) is 9.28. The average molecular weight is 428 g/mol. The summed E-state index contributed by atoms with van der Waals surface area (Å²) in [6.07, 6.45) is 0. The van der Waals surface area contributed by atoms with Crippen LogP contribution in [-0.2, 0) is 11.3 Å². The SMILES string of the molecule is Cc1cccc(NC(=O)CSc2nnc3n(CC(C)C)c(=O)c4sccc4n23)c1. The number of amides is 1. The first-order chi connectivity index (χ1) is 13.9. The Kier molecular flexibility index (Phi) is 5.42. The van der Waals surface area contributed by atoms with Crippen molar-refractivity contribution in [3.05, 3.63) is 51.6 Å². The number of thioether (sulfide) groups is 1. The third-order valence-electron chi connectivity index (χ3n) is 4.36. The predicted octanol–water partition coefficient (Wildman–Crippen LogP) is 3.80. The van der Waals surface area contributed by atoms with Crippen molar-refractivity contribution in [2.75, 3.05) is 11.1 Å². The fraction of sp³-hybridized carbons (Fsp3) is 0.300. The number of carbonyl (C=O) groups is 1. The largest absolute Gasteiger partial charge is 0.325 e. The van der Waals surface area contributed by atoms with Gasteiger partial charge in [-0.15, -0.1) is 21.5 Å². The van der Waals surface area contributed by atoms with E-state index in [1.807, 2.05) is 47.0 Å². The number of hydrogen-bond donors (Lipinski definition) is 1. The Bertz CT molecular complexity index is 1250. The van der Waals surface area contributed by atoms with Gasteiger partial charge in [0.25, 0.3) is 5.56 Å². The summed E-state index contributed by atoms with van der Waals surface area (Å²) in [5.41, 5.74) is 2.59. The van der Waals surface area contributed by atoms with Crippen LogP contribution in [-0.4, -0.2) is 30.8 Å². The first kappa shape index (κ1) is 19.7. The number of carbonyl (C=O) groups excluding carboxylic acids is 1.